The summed E-state index contributed by atoms with van der Waals surface area (Å²) in [5, 5.41) is 2.96. The smallest absolute Gasteiger partial charge is 0.255 e. The van der Waals surface area contributed by atoms with Crippen molar-refractivity contribution in [3.05, 3.63) is 22.3 Å². The van der Waals surface area contributed by atoms with Gasteiger partial charge in [-0.15, -0.1) is 0 Å². The predicted octanol–water partition coefficient (Wildman–Crippen LogP) is 1.68. The van der Waals surface area contributed by atoms with Crippen molar-refractivity contribution in [3.8, 4) is 0 Å². The van der Waals surface area contributed by atoms with Crippen LogP contribution in [0.2, 0.25) is 0 Å². The van der Waals surface area contributed by atoms with Crippen molar-refractivity contribution in [1.29, 1.82) is 0 Å². The second kappa shape index (κ2) is 6.51. The third kappa shape index (κ3) is 3.68. The molecule has 6 nitrogen and oxygen atoms in total. The Morgan fingerprint density at radius 1 is 1.60 bits per heavy atom. The largest absolute Gasteiger partial charge is 0.385 e. The molecule has 0 radical (unpaired) electrons. The minimum atomic E-state index is -0.171. The standard InChI is InChI=1S/C13H19BrN4O2/c1-20-5-4-13(2-3-13)8-17-12(19)10-6-9(14)7-16-11(10)18-15/h6-7H,2-5,8,15H2,1H3,(H,16,18)(H,17,19). The van der Waals surface area contributed by atoms with E-state index in [2.05, 4.69) is 31.7 Å². The summed E-state index contributed by atoms with van der Waals surface area (Å²) in [7, 11) is 1.70. The zero-order valence-corrected chi connectivity index (χ0v) is 13.0. The molecule has 1 aliphatic rings. The Balaban J connectivity index is 1.97. The zero-order chi connectivity index (χ0) is 14.6. The lowest BCUT2D eigenvalue weighted by atomic mass is 10.0. The van der Waals surface area contributed by atoms with E-state index >= 15 is 0 Å². The van der Waals surface area contributed by atoms with Gasteiger partial charge in [-0.05, 0) is 46.7 Å². The van der Waals surface area contributed by atoms with Gasteiger partial charge in [-0.3, -0.25) is 4.79 Å². The molecule has 1 amide bonds. The van der Waals surface area contributed by atoms with Crippen LogP contribution in [0.5, 0.6) is 0 Å². The van der Waals surface area contributed by atoms with Crippen LogP contribution in [-0.4, -0.2) is 31.2 Å². The number of hydrogen-bond acceptors (Lipinski definition) is 5. The summed E-state index contributed by atoms with van der Waals surface area (Å²) in [6, 6.07) is 1.70. The summed E-state index contributed by atoms with van der Waals surface area (Å²) in [6.07, 6.45) is 4.83. The number of anilines is 1. The third-order valence-corrected chi connectivity index (χ3v) is 4.09. The number of nitrogen functional groups attached to an aromatic ring is 1. The SMILES string of the molecule is COCCC1(CNC(=O)c2cc(Br)cnc2NN)CC1. The molecule has 0 aliphatic heterocycles. The van der Waals surface area contributed by atoms with Crippen molar-refractivity contribution < 1.29 is 9.53 Å². The number of hydrogen-bond donors (Lipinski definition) is 3. The first-order chi connectivity index (χ1) is 9.60. The van der Waals surface area contributed by atoms with Crippen LogP contribution < -0.4 is 16.6 Å². The molecular weight excluding hydrogens is 324 g/mol. The number of methoxy groups -OCH3 is 1. The molecule has 1 aliphatic carbocycles. The number of amides is 1. The molecule has 110 valence electrons. The van der Waals surface area contributed by atoms with E-state index in [4.69, 9.17) is 10.6 Å². The monoisotopic (exact) mass is 342 g/mol. The number of halogens is 1. The number of carbonyl (C=O) groups is 1. The Hall–Kier alpha value is -1.18. The van der Waals surface area contributed by atoms with Gasteiger partial charge in [-0.2, -0.15) is 0 Å². The number of nitrogens with two attached hydrogens (primary N) is 1. The first-order valence-electron chi connectivity index (χ1n) is 6.49. The van der Waals surface area contributed by atoms with Crippen molar-refractivity contribution in [2.45, 2.75) is 19.3 Å². The molecule has 1 fully saturated rings. The van der Waals surface area contributed by atoms with E-state index in [0.29, 0.717) is 17.9 Å². The van der Waals surface area contributed by atoms with Crippen molar-refractivity contribution in [2.75, 3.05) is 25.7 Å². The highest BCUT2D eigenvalue weighted by molar-refractivity contribution is 9.10. The number of carbonyl (C=O) groups excluding carboxylic acids is 1. The molecule has 0 unspecified atom stereocenters. The summed E-state index contributed by atoms with van der Waals surface area (Å²) in [4.78, 5) is 16.3. The van der Waals surface area contributed by atoms with Gasteiger partial charge in [0.2, 0.25) is 0 Å². The van der Waals surface area contributed by atoms with Gasteiger partial charge in [0, 0.05) is 30.9 Å². The van der Waals surface area contributed by atoms with Crippen LogP contribution in [0.25, 0.3) is 0 Å². The number of aromatic nitrogens is 1. The second-order valence-electron chi connectivity index (χ2n) is 5.12. The number of nitrogens with zero attached hydrogens (tertiary/aromatic N) is 1. The van der Waals surface area contributed by atoms with Gasteiger partial charge in [0.25, 0.3) is 5.91 Å². The lowest BCUT2D eigenvalue weighted by molar-refractivity contribution is 0.0938. The Morgan fingerprint density at radius 3 is 2.95 bits per heavy atom. The van der Waals surface area contributed by atoms with Crippen LogP contribution in [0.15, 0.2) is 16.7 Å². The third-order valence-electron chi connectivity index (χ3n) is 3.65. The molecule has 1 heterocycles. The first-order valence-corrected chi connectivity index (χ1v) is 7.29. The molecule has 0 atom stereocenters. The number of pyridine rings is 1. The summed E-state index contributed by atoms with van der Waals surface area (Å²) in [5.41, 5.74) is 3.08. The highest BCUT2D eigenvalue weighted by atomic mass is 79.9. The van der Waals surface area contributed by atoms with E-state index < -0.39 is 0 Å². The van der Waals surface area contributed by atoms with Crippen LogP contribution >= 0.6 is 15.9 Å². The van der Waals surface area contributed by atoms with Crippen LogP contribution in [0.4, 0.5) is 5.82 Å². The molecular formula is C13H19BrN4O2. The van der Waals surface area contributed by atoms with Gasteiger partial charge in [0.1, 0.15) is 0 Å². The maximum atomic E-state index is 12.2. The maximum absolute atomic E-state index is 12.2. The lowest BCUT2D eigenvalue weighted by Gasteiger charge is -2.16. The number of rotatable bonds is 7. The Labute approximate surface area is 126 Å². The van der Waals surface area contributed by atoms with Gasteiger partial charge in [-0.1, -0.05) is 0 Å². The average Bonchev–Trinajstić information content (AvgIpc) is 3.23. The lowest BCUT2D eigenvalue weighted by Crippen LogP contribution is -2.31. The fourth-order valence-electron chi connectivity index (χ4n) is 2.10. The number of nitrogens with one attached hydrogen (secondary N) is 2. The van der Waals surface area contributed by atoms with E-state index in [1.54, 1.807) is 19.4 Å². The molecule has 4 N–H and O–H groups in total. The summed E-state index contributed by atoms with van der Waals surface area (Å²) >= 11 is 3.30. The van der Waals surface area contributed by atoms with Crippen molar-refractivity contribution in [1.82, 2.24) is 10.3 Å². The van der Waals surface area contributed by atoms with E-state index in [9.17, 15) is 4.79 Å². The molecule has 0 bridgehead atoms. The predicted molar refractivity (Wildman–Crippen MR) is 80.2 cm³/mol. The maximum Gasteiger partial charge on any atom is 0.255 e. The molecule has 2 rings (SSSR count). The topological polar surface area (TPSA) is 89.3 Å². The van der Waals surface area contributed by atoms with Crippen molar-refractivity contribution in [3.63, 3.8) is 0 Å². The summed E-state index contributed by atoms with van der Waals surface area (Å²) in [6.45, 7) is 1.38. The summed E-state index contributed by atoms with van der Waals surface area (Å²) in [5.74, 6) is 5.57. The Bertz CT molecular complexity index is 491. The molecule has 1 saturated carbocycles. The quantitative estimate of drug-likeness (QED) is 0.518. The molecule has 0 aromatic carbocycles. The van der Waals surface area contributed by atoms with Crippen LogP contribution in [0.3, 0.4) is 0 Å². The second-order valence-corrected chi connectivity index (χ2v) is 6.04. The highest BCUT2D eigenvalue weighted by Gasteiger charge is 2.42. The van der Waals surface area contributed by atoms with E-state index in [-0.39, 0.29) is 11.3 Å². The fourth-order valence-corrected chi connectivity index (χ4v) is 2.43. The first kappa shape index (κ1) is 15.2. The number of ether oxygens (including phenoxy) is 1. The van der Waals surface area contributed by atoms with Crippen molar-refractivity contribution >= 4 is 27.7 Å². The van der Waals surface area contributed by atoms with Gasteiger partial charge < -0.3 is 15.5 Å². The minimum Gasteiger partial charge on any atom is -0.385 e. The van der Waals surface area contributed by atoms with E-state index in [1.807, 2.05) is 0 Å². The van der Waals surface area contributed by atoms with Gasteiger partial charge in [0.15, 0.2) is 5.82 Å². The molecule has 7 heteroatoms. The summed E-state index contributed by atoms with van der Waals surface area (Å²) < 4.78 is 5.84. The average molecular weight is 343 g/mol. The van der Waals surface area contributed by atoms with E-state index in [1.165, 1.54) is 0 Å². The van der Waals surface area contributed by atoms with Gasteiger partial charge in [0.05, 0.1) is 5.56 Å². The van der Waals surface area contributed by atoms with E-state index in [0.717, 1.165) is 30.3 Å². The normalized spacial score (nSPS) is 15.8. The molecule has 1 aromatic heterocycles. The Morgan fingerprint density at radius 2 is 2.35 bits per heavy atom. The molecule has 0 spiro atoms. The highest BCUT2D eigenvalue weighted by Crippen LogP contribution is 2.48. The van der Waals surface area contributed by atoms with Crippen molar-refractivity contribution in [2.24, 2.45) is 11.3 Å². The minimum absolute atomic E-state index is 0.171. The zero-order valence-electron chi connectivity index (χ0n) is 11.4. The molecule has 20 heavy (non-hydrogen) atoms. The molecule has 1 aromatic rings. The Kier molecular flexibility index (Phi) is 4.95. The fraction of sp³-hybridized carbons (Fsp3) is 0.538. The van der Waals surface area contributed by atoms with Crippen LogP contribution in [-0.2, 0) is 4.74 Å². The van der Waals surface area contributed by atoms with Crippen LogP contribution in [0.1, 0.15) is 29.6 Å². The number of hydrazine groups is 1. The van der Waals surface area contributed by atoms with Gasteiger partial charge >= 0.3 is 0 Å². The molecule has 0 saturated heterocycles. The van der Waals surface area contributed by atoms with Crippen LogP contribution in [0, 0.1) is 5.41 Å². The van der Waals surface area contributed by atoms with Gasteiger partial charge in [-0.25, -0.2) is 10.8 Å².